The third-order valence-corrected chi connectivity index (χ3v) is 4.46. The SMILES string of the molecule is CC(C(=O)N1CCOCC1)S(=O)(=O)CC(=O)O. The molecule has 0 saturated carbocycles. The average Bonchev–Trinajstić information content (AvgIpc) is 2.26. The smallest absolute Gasteiger partial charge is 0.318 e. The van der Waals surface area contributed by atoms with Gasteiger partial charge in [0.15, 0.2) is 9.84 Å². The quantitative estimate of drug-likeness (QED) is 0.680. The molecule has 0 bridgehead atoms. The number of ether oxygens (including phenoxy) is 1. The number of nitrogens with zero attached hydrogens (tertiary/aromatic N) is 1. The molecule has 1 saturated heterocycles. The van der Waals surface area contributed by atoms with Gasteiger partial charge in [-0.25, -0.2) is 8.42 Å². The second-order valence-electron chi connectivity index (χ2n) is 3.78. The van der Waals surface area contributed by atoms with Gasteiger partial charge in [-0.2, -0.15) is 0 Å². The zero-order chi connectivity index (χ0) is 13.1. The molecule has 0 aliphatic carbocycles. The molecule has 1 unspecified atom stereocenters. The van der Waals surface area contributed by atoms with Gasteiger partial charge in [-0.3, -0.25) is 9.59 Å². The molecule has 7 nitrogen and oxygen atoms in total. The molecule has 8 heteroatoms. The number of carbonyl (C=O) groups excluding carboxylic acids is 1. The van der Waals surface area contributed by atoms with Gasteiger partial charge in [0.2, 0.25) is 5.91 Å². The van der Waals surface area contributed by atoms with Crippen LogP contribution in [-0.4, -0.2) is 67.6 Å². The molecule has 0 aromatic rings. The molecule has 17 heavy (non-hydrogen) atoms. The number of carbonyl (C=O) groups is 2. The van der Waals surface area contributed by atoms with Crippen molar-refractivity contribution in [2.24, 2.45) is 0 Å². The van der Waals surface area contributed by atoms with Crippen LogP contribution in [0.15, 0.2) is 0 Å². The predicted octanol–water partition coefficient (Wildman–Crippen LogP) is -1.27. The standard InChI is InChI=1S/C9H15NO6S/c1-7(17(14,15)6-8(11)12)9(13)10-2-4-16-5-3-10/h7H,2-6H2,1H3,(H,11,12). The number of rotatable bonds is 4. The maximum Gasteiger partial charge on any atom is 0.318 e. The summed E-state index contributed by atoms with van der Waals surface area (Å²) in [5.41, 5.74) is 0. The Morgan fingerprint density at radius 1 is 1.35 bits per heavy atom. The lowest BCUT2D eigenvalue weighted by Gasteiger charge is -2.28. The fourth-order valence-electron chi connectivity index (χ4n) is 1.49. The van der Waals surface area contributed by atoms with Crippen molar-refractivity contribution >= 4 is 21.7 Å². The first-order valence-corrected chi connectivity index (χ1v) is 6.86. The molecule has 1 heterocycles. The Balaban J connectivity index is 2.71. The first-order valence-electron chi connectivity index (χ1n) is 5.14. The fourth-order valence-corrected chi connectivity index (χ4v) is 2.54. The molecule has 0 spiro atoms. The third-order valence-electron chi connectivity index (χ3n) is 2.53. The normalized spacial score (nSPS) is 18.8. The van der Waals surface area contributed by atoms with E-state index in [9.17, 15) is 18.0 Å². The minimum absolute atomic E-state index is 0.339. The van der Waals surface area contributed by atoms with Crippen molar-refractivity contribution in [3.05, 3.63) is 0 Å². The summed E-state index contributed by atoms with van der Waals surface area (Å²) < 4.78 is 28.2. The Bertz CT molecular complexity index is 398. The summed E-state index contributed by atoms with van der Waals surface area (Å²) in [6, 6.07) is 0. The summed E-state index contributed by atoms with van der Waals surface area (Å²) in [6.07, 6.45) is 0. The van der Waals surface area contributed by atoms with Crippen LogP contribution in [-0.2, 0) is 24.2 Å². The van der Waals surface area contributed by atoms with Crippen LogP contribution < -0.4 is 0 Å². The summed E-state index contributed by atoms with van der Waals surface area (Å²) in [7, 11) is -3.94. The lowest BCUT2D eigenvalue weighted by atomic mass is 10.3. The summed E-state index contributed by atoms with van der Waals surface area (Å²) in [6.45, 7) is 2.64. The number of hydrogen-bond donors (Lipinski definition) is 1. The molecule has 1 aliphatic heterocycles. The number of carboxylic acids is 1. The minimum Gasteiger partial charge on any atom is -0.480 e. The summed E-state index contributed by atoms with van der Waals surface area (Å²) >= 11 is 0. The van der Waals surface area contributed by atoms with Crippen LogP contribution in [0.1, 0.15) is 6.92 Å². The molecule has 0 aromatic heterocycles. The van der Waals surface area contributed by atoms with Crippen LogP contribution in [0.4, 0.5) is 0 Å². The molecule has 1 amide bonds. The number of amides is 1. The lowest BCUT2D eigenvalue weighted by Crippen LogP contribution is -2.47. The van der Waals surface area contributed by atoms with Crippen LogP contribution in [0.25, 0.3) is 0 Å². The molecule has 1 atom stereocenters. The average molecular weight is 265 g/mol. The van der Waals surface area contributed by atoms with Gasteiger partial charge in [-0.1, -0.05) is 0 Å². The highest BCUT2D eigenvalue weighted by Crippen LogP contribution is 2.08. The van der Waals surface area contributed by atoms with E-state index in [2.05, 4.69) is 0 Å². The molecule has 1 rings (SSSR count). The van der Waals surface area contributed by atoms with Crippen LogP contribution in [0, 0.1) is 0 Å². The molecular formula is C9H15NO6S. The van der Waals surface area contributed by atoms with Crippen molar-refractivity contribution in [3.8, 4) is 0 Å². The van der Waals surface area contributed by atoms with Crippen molar-refractivity contribution in [1.82, 2.24) is 4.90 Å². The Morgan fingerprint density at radius 2 is 1.88 bits per heavy atom. The minimum atomic E-state index is -3.94. The van der Waals surface area contributed by atoms with E-state index in [1.54, 1.807) is 0 Å². The van der Waals surface area contributed by atoms with Crippen molar-refractivity contribution < 1.29 is 27.9 Å². The van der Waals surface area contributed by atoms with Gasteiger partial charge in [0.25, 0.3) is 0 Å². The van der Waals surface area contributed by atoms with Gasteiger partial charge >= 0.3 is 5.97 Å². The highest BCUT2D eigenvalue weighted by molar-refractivity contribution is 7.93. The zero-order valence-corrected chi connectivity index (χ0v) is 10.3. The number of aliphatic carboxylic acids is 1. The first-order chi connectivity index (χ1) is 7.84. The highest BCUT2D eigenvalue weighted by Gasteiger charge is 2.33. The molecular weight excluding hydrogens is 250 g/mol. The van der Waals surface area contributed by atoms with Crippen molar-refractivity contribution in [3.63, 3.8) is 0 Å². The van der Waals surface area contributed by atoms with Gasteiger partial charge in [-0.15, -0.1) is 0 Å². The van der Waals surface area contributed by atoms with Crippen molar-refractivity contribution in [2.75, 3.05) is 32.1 Å². The Morgan fingerprint density at radius 3 is 2.35 bits per heavy atom. The maximum absolute atomic E-state index is 11.8. The number of sulfone groups is 1. The van der Waals surface area contributed by atoms with E-state index in [0.717, 1.165) is 0 Å². The molecule has 0 aromatic carbocycles. The van der Waals surface area contributed by atoms with Gasteiger partial charge in [0, 0.05) is 13.1 Å². The van der Waals surface area contributed by atoms with Crippen LogP contribution in [0.2, 0.25) is 0 Å². The van der Waals surface area contributed by atoms with Crippen LogP contribution in [0.3, 0.4) is 0 Å². The van der Waals surface area contributed by atoms with E-state index >= 15 is 0 Å². The maximum atomic E-state index is 11.8. The summed E-state index contributed by atoms with van der Waals surface area (Å²) in [4.78, 5) is 23.6. The van der Waals surface area contributed by atoms with Gasteiger partial charge in [-0.05, 0) is 6.92 Å². The fraction of sp³-hybridized carbons (Fsp3) is 0.778. The van der Waals surface area contributed by atoms with E-state index < -0.39 is 32.7 Å². The highest BCUT2D eigenvalue weighted by atomic mass is 32.2. The zero-order valence-electron chi connectivity index (χ0n) is 9.46. The topological polar surface area (TPSA) is 101 Å². The number of hydrogen-bond acceptors (Lipinski definition) is 5. The number of morpholine rings is 1. The van der Waals surface area contributed by atoms with E-state index in [-0.39, 0.29) is 0 Å². The van der Waals surface area contributed by atoms with Crippen molar-refractivity contribution in [1.29, 1.82) is 0 Å². The third kappa shape index (κ3) is 3.67. The first kappa shape index (κ1) is 13.9. The van der Waals surface area contributed by atoms with Crippen LogP contribution in [0.5, 0.6) is 0 Å². The molecule has 1 fully saturated rings. The second kappa shape index (κ2) is 5.46. The van der Waals surface area contributed by atoms with E-state index in [1.165, 1.54) is 11.8 Å². The Hall–Kier alpha value is -1.15. The lowest BCUT2D eigenvalue weighted by molar-refractivity contribution is -0.134. The Labute approximate surface area is 99.3 Å². The molecule has 1 N–H and O–H groups in total. The molecule has 0 radical (unpaired) electrons. The van der Waals surface area contributed by atoms with Gasteiger partial charge < -0.3 is 14.7 Å². The Kier molecular flexibility index (Phi) is 4.47. The monoisotopic (exact) mass is 265 g/mol. The van der Waals surface area contributed by atoms with Crippen LogP contribution >= 0.6 is 0 Å². The van der Waals surface area contributed by atoms with E-state index in [1.807, 2.05) is 0 Å². The van der Waals surface area contributed by atoms with Crippen molar-refractivity contribution in [2.45, 2.75) is 12.2 Å². The van der Waals surface area contributed by atoms with Gasteiger partial charge in [0.1, 0.15) is 11.0 Å². The van der Waals surface area contributed by atoms with E-state index in [4.69, 9.17) is 9.84 Å². The molecule has 1 aliphatic rings. The summed E-state index contributed by atoms with van der Waals surface area (Å²) in [5.74, 6) is -3.04. The summed E-state index contributed by atoms with van der Waals surface area (Å²) in [5, 5.41) is 7.14. The predicted molar refractivity (Wildman–Crippen MR) is 58.3 cm³/mol. The number of carboxylic acid groups (broad SMARTS) is 1. The molecule has 98 valence electrons. The second-order valence-corrected chi connectivity index (χ2v) is 6.10. The van der Waals surface area contributed by atoms with Gasteiger partial charge in [0.05, 0.1) is 13.2 Å². The largest absolute Gasteiger partial charge is 0.480 e. The van der Waals surface area contributed by atoms with E-state index in [0.29, 0.717) is 26.3 Å².